The van der Waals surface area contributed by atoms with Gasteiger partial charge in [0, 0.05) is 28.8 Å². The number of amides is 1. The van der Waals surface area contributed by atoms with Crippen LogP contribution in [0.25, 0.3) is 16.9 Å². The summed E-state index contributed by atoms with van der Waals surface area (Å²) >= 11 is 6.17. The molecule has 2 aromatic heterocycles. The van der Waals surface area contributed by atoms with Crippen molar-refractivity contribution in [2.24, 2.45) is 0 Å². The first-order valence-corrected chi connectivity index (χ1v) is 12.9. The molecule has 218 valence electrons. The number of benzene rings is 3. The van der Waals surface area contributed by atoms with Crippen molar-refractivity contribution in [2.75, 3.05) is 5.32 Å². The highest BCUT2D eigenvalue weighted by Gasteiger charge is 2.35. The number of nitrogens with one attached hydrogen (secondary N) is 1. The summed E-state index contributed by atoms with van der Waals surface area (Å²) in [5, 5.41) is 18.8. The largest absolute Gasteiger partial charge is 0.478 e. The number of hydrogen-bond donors (Lipinski definition) is 2. The summed E-state index contributed by atoms with van der Waals surface area (Å²) < 4.78 is 41.5. The standard InChI is InChI=1S/C29H20ClF3N6O4/c30-19-8-11-23(39-15-25(36-37-39)29(31,32)33)21(13-19)22-14-26(40)38(16-34-22)24(12-17-4-2-1-3-5-17)27(41)35-20-9-6-18(7-10-20)28(42)43/h1-11,13-16,24H,12H2,(H,35,41)(H,42,43)/t24-/m0/s1. The molecule has 0 spiro atoms. The molecular formula is C29H20ClF3N6O4. The molecule has 5 rings (SSSR count). The van der Waals surface area contributed by atoms with Crippen LogP contribution in [0.2, 0.25) is 5.02 Å². The van der Waals surface area contributed by atoms with Crippen molar-refractivity contribution in [3.63, 3.8) is 0 Å². The maximum atomic E-state index is 13.5. The topological polar surface area (TPSA) is 132 Å². The first-order valence-electron chi connectivity index (χ1n) is 12.6. The van der Waals surface area contributed by atoms with Crippen LogP contribution in [-0.2, 0) is 17.4 Å². The van der Waals surface area contributed by atoms with Gasteiger partial charge in [0.25, 0.3) is 5.56 Å². The third-order valence-electron chi connectivity index (χ3n) is 6.41. The number of hydrogen-bond acceptors (Lipinski definition) is 6. The molecule has 3 aromatic carbocycles. The Morgan fingerprint density at radius 1 is 1.00 bits per heavy atom. The minimum Gasteiger partial charge on any atom is -0.478 e. The van der Waals surface area contributed by atoms with Crippen LogP contribution in [-0.4, -0.2) is 41.5 Å². The van der Waals surface area contributed by atoms with Crippen LogP contribution in [0.15, 0.2) is 96.2 Å². The molecule has 0 fully saturated rings. The number of anilines is 1. The van der Waals surface area contributed by atoms with E-state index in [9.17, 15) is 27.6 Å². The molecular weight excluding hydrogens is 589 g/mol. The molecule has 0 aliphatic heterocycles. The van der Waals surface area contributed by atoms with Gasteiger partial charge in [-0.1, -0.05) is 47.1 Å². The Kier molecular flexibility index (Phi) is 8.08. The minimum absolute atomic E-state index is 0.0377. The van der Waals surface area contributed by atoms with Crippen LogP contribution in [0.3, 0.4) is 0 Å². The van der Waals surface area contributed by atoms with E-state index in [0.717, 1.165) is 20.9 Å². The monoisotopic (exact) mass is 608 g/mol. The minimum atomic E-state index is -4.71. The van der Waals surface area contributed by atoms with Gasteiger partial charge in [-0.2, -0.15) is 13.2 Å². The maximum absolute atomic E-state index is 13.5. The van der Waals surface area contributed by atoms with Crippen LogP contribution in [0.4, 0.5) is 18.9 Å². The molecule has 10 nitrogen and oxygen atoms in total. The number of halogens is 4. The number of carboxylic acid groups (broad SMARTS) is 1. The van der Waals surface area contributed by atoms with E-state index in [0.29, 0.717) is 11.9 Å². The van der Waals surface area contributed by atoms with Gasteiger partial charge < -0.3 is 10.4 Å². The van der Waals surface area contributed by atoms with E-state index in [4.69, 9.17) is 16.7 Å². The van der Waals surface area contributed by atoms with Gasteiger partial charge in [-0.05, 0) is 48.0 Å². The second kappa shape index (κ2) is 11.9. The van der Waals surface area contributed by atoms with Gasteiger partial charge >= 0.3 is 12.1 Å². The maximum Gasteiger partial charge on any atom is 0.436 e. The van der Waals surface area contributed by atoms with Crippen LogP contribution in [0.5, 0.6) is 0 Å². The predicted molar refractivity (Wildman–Crippen MR) is 150 cm³/mol. The number of alkyl halides is 3. The fourth-order valence-corrected chi connectivity index (χ4v) is 4.46. The van der Waals surface area contributed by atoms with Crippen molar-refractivity contribution < 1.29 is 27.9 Å². The summed E-state index contributed by atoms with van der Waals surface area (Å²) in [6.45, 7) is 0. The van der Waals surface area contributed by atoms with Gasteiger partial charge in [-0.15, -0.1) is 5.10 Å². The second-order valence-electron chi connectivity index (χ2n) is 9.30. The summed E-state index contributed by atoms with van der Waals surface area (Å²) in [4.78, 5) is 42.4. The van der Waals surface area contributed by atoms with Crippen molar-refractivity contribution >= 4 is 29.2 Å². The van der Waals surface area contributed by atoms with Gasteiger partial charge in [0.15, 0.2) is 5.69 Å². The Balaban J connectivity index is 1.51. The van der Waals surface area contributed by atoms with Crippen LogP contribution >= 0.6 is 11.6 Å². The first kappa shape index (κ1) is 29.2. The number of aromatic carboxylic acids is 1. The Labute approximate surface area is 246 Å². The quantitative estimate of drug-likeness (QED) is 0.245. The smallest absolute Gasteiger partial charge is 0.436 e. The fourth-order valence-electron chi connectivity index (χ4n) is 4.29. The summed E-state index contributed by atoms with van der Waals surface area (Å²) in [7, 11) is 0. The third-order valence-corrected chi connectivity index (χ3v) is 6.65. The van der Waals surface area contributed by atoms with E-state index < -0.39 is 35.3 Å². The molecule has 43 heavy (non-hydrogen) atoms. The molecule has 1 atom stereocenters. The van der Waals surface area contributed by atoms with Gasteiger partial charge in [-0.25, -0.2) is 14.5 Å². The summed E-state index contributed by atoms with van der Waals surface area (Å²) in [5.74, 6) is -1.68. The SMILES string of the molecule is O=C(O)c1ccc(NC(=O)[C@H](Cc2ccccc2)n2cnc(-c3cc(Cl)ccc3-n3cc(C(F)(F)F)nn3)cc2=O)cc1. The van der Waals surface area contributed by atoms with Gasteiger partial charge in [0.1, 0.15) is 6.04 Å². The summed E-state index contributed by atoms with van der Waals surface area (Å²) in [6, 6.07) is 18.9. The molecule has 0 aliphatic rings. The lowest BCUT2D eigenvalue weighted by Crippen LogP contribution is -2.34. The molecule has 0 unspecified atom stereocenters. The molecule has 5 aromatic rings. The van der Waals surface area contributed by atoms with E-state index in [1.807, 2.05) is 0 Å². The fraction of sp³-hybridized carbons (Fsp3) is 0.103. The van der Waals surface area contributed by atoms with Crippen LogP contribution in [0.1, 0.15) is 27.7 Å². The third kappa shape index (κ3) is 6.62. The summed E-state index contributed by atoms with van der Waals surface area (Å²) in [5.41, 5.74) is -0.295. The number of carboxylic acids is 1. The summed E-state index contributed by atoms with van der Waals surface area (Å²) in [6.07, 6.45) is -2.72. The molecule has 0 radical (unpaired) electrons. The second-order valence-corrected chi connectivity index (χ2v) is 9.74. The molecule has 0 saturated heterocycles. The molecule has 0 saturated carbocycles. The number of aromatic nitrogens is 5. The lowest BCUT2D eigenvalue weighted by molar-refractivity contribution is -0.141. The first-order chi connectivity index (χ1) is 20.5. The average Bonchev–Trinajstić information content (AvgIpc) is 3.48. The molecule has 0 bridgehead atoms. The number of rotatable bonds is 8. The van der Waals surface area contributed by atoms with E-state index in [-0.39, 0.29) is 34.0 Å². The number of nitrogens with zero attached hydrogens (tertiary/aromatic N) is 5. The zero-order valence-corrected chi connectivity index (χ0v) is 22.6. The van der Waals surface area contributed by atoms with Crippen LogP contribution < -0.4 is 10.9 Å². The number of carbonyl (C=O) groups is 2. The van der Waals surface area contributed by atoms with E-state index >= 15 is 0 Å². The van der Waals surface area contributed by atoms with Crippen molar-refractivity contribution in [1.29, 1.82) is 0 Å². The molecule has 0 aliphatic carbocycles. The van der Waals surface area contributed by atoms with E-state index in [1.165, 1.54) is 48.8 Å². The number of carbonyl (C=O) groups excluding carboxylic acids is 1. The lowest BCUT2D eigenvalue weighted by atomic mass is 10.0. The van der Waals surface area contributed by atoms with Crippen molar-refractivity contribution in [1.82, 2.24) is 24.5 Å². The van der Waals surface area contributed by atoms with E-state index in [1.54, 1.807) is 30.3 Å². The van der Waals surface area contributed by atoms with Crippen molar-refractivity contribution in [2.45, 2.75) is 18.6 Å². The zero-order chi connectivity index (χ0) is 30.7. The highest BCUT2D eigenvalue weighted by molar-refractivity contribution is 6.31. The highest BCUT2D eigenvalue weighted by atomic mass is 35.5. The van der Waals surface area contributed by atoms with E-state index in [2.05, 4.69) is 20.6 Å². The highest BCUT2D eigenvalue weighted by Crippen LogP contribution is 2.31. The molecule has 2 N–H and O–H groups in total. The van der Waals surface area contributed by atoms with Gasteiger partial charge in [0.2, 0.25) is 5.91 Å². The molecule has 14 heteroatoms. The van der Waals surface area contributed by atoms with Crippen LogP contribution in [0, 0.1) is 0 Å². The zero-order valence-electron chi connectivity index (χ0n) is 21.9. The molecule has 2 heterocycles. The van der Waals surface area contributed by atoms with Crippen molar-refractivity contribution in [3.8, 4) is 16.9 Å². The Morgan fingerprint density at radius 3 is 2.35 bits per heavy atom. The molecule has 1 amide bonds. The van der Waals surface area contributed by atoms with Gasteiger partial charge in [-0.3, -0.25) is 14.2 Å². The Morgan fingerprint density at radius 2 is 1.72 bits per heavy atom. The average molecular weight is 609 g/mol. The Hall–Kier alpha value is -5.30. The Bertz CT molecular complexity index is 1860. The van der Waals surface area contributed by atoms with Crippen molar-refractivity contribution in [3.05, 3.63) is 124 Å². The lowest BCUT2D eigenvalue weighted by Gasteiger charge is -2.20. The predicted octanol–water partition coefficient (Wildman–Crippen LogP) is 5.28. The normalized spacial score (nSPS) is 12.1. The van der Waals surface area contributed by atoms with Gasteiger partial charge in [0.05, 0.1) is 29.5 Å².